The van der Waals surface area contributed by atoms with Gasteiger partial charge in [-0.15, -0.1) is 11.8 Å². The molecule has 32 heavy (non-hydrogen) atoms. The lowest BCUT2D eigenvalue weighted by Gasteiger charge is -2.31. The number of hydrogen-bond donors (Lipinski definition) is 1. The summed E-state index contributed by atoms with van der Waals surface area (Å²) in [7, 11) is 1.61. The lowest BCUT2D eigenvalue weighted by molar-refractivity contribution is -0.139. The fraction of sp³-hybridized carbons (Fsp3) is 0.231. The lowest BCUT2D eigenvalue weighted by Crippen LogP contribution is -2.50. The van der Waals surface area contributed by atoms with Gasteiger partial charge < -0.3 is 10.2 Å². The molecule has 3 aromatic rings. The number of rotatable bonds is 9. The first-order valence-corrected chi connectivity index (χ1v) is 11.8. The molecule has 1 N–H and O–H groups in total. The second-order valence-electron chi connectivity index (χ2n) is 7.57. The summed E-state index contributed by atoms with van der Waals surface area (Å²) in [5, 5.41) is 3.40. The number of amides is 2. The average molecular weight is 467 g/mol. The van der Waals surface area contributed by atoms with Crippen LogP contribution in [0.25, 0.3) is 0 Å². The number of likely N-dealkylation sites (N-methyl/N-ethyl adjacent to an activating group) is 1. The van der Waals surface area contributed by atoms with Crippen molar-refractivity contribution in [2.75, 3.05) is 12.8 Å². The van der Waals surface area contributed by atoms with Crippen LogP contribution >= 0.6 is 23.4 Å². The van der Waals surface area contributed by atoms with Crippen molar-refractivity contribution in [1.82, 2.24) is 10.2 Å². The van der Waals surface area contributed by atoms with Gasteiger partial charge in [-0.05, 0) is 42.3 Å². The molecule has 0 bridgehead atoms. The number of carbonyl (C=O) groups excluding carboxylic acids is 2. The summed E-state index contributed by atoms with van der Waals surface area (Å²) < 4.78 is 0. The van der Waals surface area contributed by atoms with Crippen molar-refractivity contribution < 1.29 is 9.59 Å². The minimum atomic E-state index is -0.609. The van der Waals surface area contributed by atoms with Crippen LogP contribution in [0.3, 0.4) is 0 Å². The Balaban J connectivity index is 1.85. The van der Waals surface area contributed by atoms with Crippen LogP contribution in [-0.2, 0) is 22.6 Å². The van der Waals surface area contributed by atoms with Crippen molar-refractivity contribution in [3.63, 3.8) is 0 Å². The molecule has 0 radical (unpaired) electrons. The Morgan fingerprint density at radius 1 is 0.938 bits per heavy atom. The van der Waals surface area contributed by atoms with Gasteiger partial charge in [-0.2, -0.15) is 0 Å². The first-order valence-electron chi connectivity index (χ1n) is 10.4. The number of hydrogen-bond acceptors (Lipinski definition) is 3. The highest BCUT2D eigenvalue weighted by Crippen LogP contribution is 2.22. The molecule has 0 aromatic heterocycles. The predicted molar refractivity (Wildman–Crippen MR) is 132 cm³/mol. The summed E-state index contributed by atoms with van der Waals surface area (Å²) >= 11 is 7.41. The molecule has 3 rings (SSSR count). The van der Waals surface area contributed by atoms with Gasteiger partial charge in [0.1, 0.15) is 6.04 Å². The molecule has 6 heteroatoms. The van der Waals surface area contributed by atoms with Crippen molar-refractivity contribution in [1.29, 1.82) is 0 Å². The summed E-state index contributed by atoms with van der Waals surface area (Å²) in [5.41, 5.74) is 3.15. The van der Waals surface area contributed by atoms with E-state index < -0.39 is 6.04 Å². The highest BCUT2D eigenvalue weighted by atomic mass is 35.5. The molecule has 166 valence electrons. The van der Waals surface area contributed by atoms with Crippen LogP contribution in [-0.4, -0.2) is 35.6 Å². The average Bonchev–Trinajstić information content (AvgIpc) is 2.82. The van der Waals surface area contributed by atoms with E-state index in [0.717, 1.165) is 21.6 Å². The molecule has 0 aliphatic heterocycles. The van der Waals surface area contributed by atoms with Crippen LogP contribution in [0.1, 0.15) is 16.7 Å². The predicted octanol–water partition coefficient (Wildman–Crippen LogP) is 5.13. The second-order valence-corrected chi connectivity index (χ2v) is 9.05. The Hall–Kier alpha value is -2.76. The Morgan fingerprint density at radius 2 is 1.59 bits per heavy atom. The molecule has 0 spiro atoms. The maximum Gasteiger partial charge on any atom is 0.242 e. The third-order valence-electron chi connectivity index (χ3n) is 5.17. The van der Waals surface area contributed by atoms with Gasteiger partial charge >= 0.3 is 0 Å². The first-order chi connectivity index (χ1) is 15.5. The molecule has 4 nitrogen and oxygen atoms in total. The van der Waals surface area contributed by atoms with E-state index in [1.165, 1.54) is 11.8 Å². The zero-order valence-corrected chi connectivity index (χ0v) is 19.8. The van der Waals surface area contributed by atoms with Crippen molar-refractivity contribution in [3.8, 4) is 0 Å². The van der Waals surface area contributed by atoms with Gasteiger partial charge in [0, 0.05) is 29.9 Å². The Morgan fingerprint density at radius 3 is 2.22 bits per heavy atom. The maximum absolute atomic E-state index is 13.4. The smallest absolute Gasteiger partial charge is 0.242 e. The van der Waals surface area contributed by atoms with Crippen LogP contribution in [0.15, 0.2) is 83.8 Å². The highest BCUT2D eigenvalue weighted by molar-refractivity contribution is 8.00. The minimum absolute atomic E-state index is 0.0879. The fourth-order valence-electron chi connectivity index (χ4n) is 3.37. The third-order valence-corrected chi connectivity index (χ3v) is 6.42. The molecule has 1 atom stereocenters. The van der Waals surface area contributed by atoms with E-state index in [1.54, 1.807) is 24.1 Å². The van der Waals surface area contributed by atoms with Crippen molar-refractivity contribution in [3.05, 3.63) is 101 Å². The standard InChI is InChI=1S/C26H27ClN2O2S/c1-19-8-10-21(11-9-19)17-29(25(30)18-32-23-14-12-22(27)13-15-23)24(26(31)28-2)16-20-6-4-3-5-7-20/h3-15,24H,16-18H2,1-2H3,(H,28,31). The summed E-state index contributed by atoms with van der Waals surface area (Å²) in [6, 6.07) is 24.6. The van der Waals surface area contributed by atoms with Gasteiger partial charge in [-0.25, -0.2) is 0 Å². The molecule has 0 heterocycles. The number of benzene rings is 3. The van der Waals surface area contributed by atoms with Crippen molar-refractivity contribution in [2.24, 2.45) is 0 Å². The van der Waals surface area contributed by atoms with Gasteiger partial charge in [0.05, 0.1) is 5.75 Å². The fourth-order valence-corrected chi connectivity index (χ4v) is 4.28. The van der Waals surface area contributed by atoms with Gasteiger partial charge in [-0.3, -0.25) is 9.59 Å². The van der Waals surface area contributed by atoms with E-state index in [9.17, 15) is 9.59 Å². The maximum atomic E-state index is 13.4. The molecule has 2 amide bonds. The number of aryl methyl sites for hydroxylation is 1. The van der Waals surface area contributed by atoms with Crippen LogP contribution in [0, 0.1) is 6.92 Å². The molecular formula is C26H27ClN2O2S. The van der Waals surface area contributed by atoms with Gasteiger partial charge in [0.2, 0.25) is 11.8 Å². The molecule has 1 unspecified atom stereocenters. The van der Waals surface area contributed by atoms with E-state index in [0.29, 0.717) is 18.0 Å². The monoisotopic (exact) mass is 466 g/mol. The SMILES string of the molecule is CNC(=O)C(Cc1ccccc1)N(Cc1ccc(C)cc1)C(=O)CSc1ccc(Cl)cc1. The molecule has 0 fully saturated rings. The molecule has 0 aliphatic carbocycles. The number of carbonyl (C=O) groups is 2. The van der Waals surface area contributed by atoms with Crippen molar-refractivity contribution >= 4 is 35.2 Å². The van der Waals surface area contributed by atoms with Crippen LogP contribution in [0.2, 0.25) is 5.02 Å². The molecular weight excluding hydrogens is 440 g/mol. The lowest BCUT2D eigenvalue weighted by atomic mass is 10.0. The number of thioether (sulfide) groups is 1. The molecule has 3 aromatic carbocycles. The zero-order valence-electron chi connectivity index (χ0n) is 18.3. The Bertz CT molecular complexity index is 1020. The largest absolute Gasteiger partial charge is 0.357 e. The van der Waals surface area contributed by atoms with Crippen molar-refractivity contribution in [2.45, 2.75) is 30.8 Å². The molecule has 0 saturated heterocycles. The number of nitrogens with zero attached hydrogens (tertiary/aromatic N) is 1. The molecule has 0 saturated carbocycles. The Kier molecular flexibility index (Phi) is 8.77. The third kappa shape index (κ3) is 6.87. The summed E-state index contributed by atoms with van der Waals surface area (Å²) in [4.78, 5) is 28.9. The summed E-state index contributed by atoms with van der Waals surface area (Å²) in [6.45, 7) is 2.39. The molecule has 0 aliphatic rings. The van der Waals surface area contributed by atoms with Crippen LogP contribution < -0.4 is 5.32 Å². The van der Waals surface area contributed by atoms with Crippen LogP contribution in [0.4, 0.5) is 0 Å². The topological polar surface area (TPSA) is 49.4 Å². The van der Waals surface area contributed by atoms with Crippen LogP contribution in [0.5, 0.6) is 0 Å². The summed E-state index contributed by atoms with van der Waals surface area (Å²) in [6.07, 6.45) is 0.448. The first kappa shape index (κ1) is 23.9. The van der Waals surface area contributed by atoms with E-state index in [2.05, 4.69) is 5.32 Å². The van der Waals surface area contributed by atoms with E-state index in [-0.39, 0.29) is 17.6 Å². The quantitative estimate of drug-likeness (QED) is 0.445. The zero-order chi connectivity index (χ0) is 22.9. The normalized spacial score (nSPS) is 11.6. The second kappa shape index (κ2) is 11.7. The van der Waals surface area contributed by atoms with Gasteiger partial charge in [0.15, 0.2) is 0 Å². The highest BCUT2D eigenvalue weighted by Gasteiger charge is 2.29. The van der Waals surface area contributed by atoms with E-state index >= 15 is 0 Å². The van der Waals surface area contributed by atoms with E-state index in [4.69, 9.17) is 11.6 Å². The van der Waals surface area contributed by atoms with Gasteiger partial charge in [-0.1, -0.05) is 71.8 Å². The number of nitrogens with one attached hydrogen (secondary N) is 1. The summed E-state index contributed by atoms with van der Waals surface area (Å²) in [5.74, 6) is -0.0312. The number of halogens is 1. The Labute approximate surface area is 199 Å². The van der Waals surface area contributed by atoms with E-state index in [1.807, 2.05) is 73.7 Å². The van der Waals surface area contributed by atoms with Gasteiger partial charge in [0.25, 0.3) is 0 Å². The minimum Gasteiger partial charge on any atom is -0.357 e.